The van der Waals surface area contributed by atoms with Gasteiger partial charge < -0.3 is 10.1 Å². The molecule has 0 fully saturated rings. The van der Waals surface area contributed by atoms with Crippen molar-refractivity contribution in [3.8, 4) is 22.6 Å². The van der Waals surface area contributed by atoms with E-state index in [4.69, 9.17) is 4.74 Å². The van der Waals surface area contributed by atoms with E-state index >= 15 is 0 Å². The lowest BCUT2D eigenvalue weighted by molar-refractivity contribution is 0.0946. The second kappa shape index (κ2) is 8.44. The van der Waals surface area contributed by atoms with Gasteiger partial charge in [0.15, 0.2) is 5.69 Å². The predicted octanol–water partition coefficient (Wildman–Crippen LogP) is 4.48. The van der Waals surface area contributed by atoms with E-state index in [0.717, 1.165) is 28.1 Å². The first-order valence-electron chi connectivity index (χ1n) is 9.36. The van der Waals surface area contributed by atoms with Gasteiger partial charge >= 0.3 is 0 Å². The molecule has 144 valence electrons. The van der Waals surface area contributed by atoms with Gasteiger partial charge in [-0.1, -0.05) is 66.7 Å². The molecule has 4 aromatic rings. The monoisotopic (exact) mass is 383 g/mol. The zero-order valence-electron chi connectivity index (χ0n) is 16.1. The largest absolute Gasteiger partial charge is 0.497 e. The summed E-state index contributed by atoms with van der Waals surface area (Å²) in [5.74, 6) is 0.517. The summed E-state index contributed by atoms with van der Waals surface area (Å²) in [6, 6.07) is 27.2. The lowest BCUT2D eigenvalue weighted by atomic mass is 10.1. The Kier molecular flexibility index (Phi) is 5.38. The predicted molar refractivity (Wildman–Crippen MR) is 113 cm³/mol. The Bertz CT molecular complexity index is 1110. The van der Waals surface area contributed by atoms with Crippen molar-refractivity contribution in [1.82, 2.24) is 15.1 Å². The molecule has 29 heavy (non-hydrogen) atoms. The topological polar surface area (TPSA) is 56.1 Å². The number of hydrogen-bond acceptors (Lipinski definition) is 3. The first-order valence-corrected chi connectivity index (χ1v) is 9.36. The van der Waals surface area contributed by atoms with Gasteiger partial charge in [0.2, 0.25) is 0 Å². The molecular formula is C24H21N3O2. The number of amides is 1. The summed E-state index contributed by atoms with van der Waals surface area (Å²) in [4.78, 5) is 13.0. The molecule has 3 aromatic carbocycles. The molecule has 5 nitrogen and oxygen atoms in total. The summed E-state index contributed by atoms with van der Waals surface area (Å²) in [5, 5.41) is 7.57. The van der Waals surface area contributed by atoms with Gasteiger partial charge in [0, 0.05) is 24.4 Å². The van der Waals surface area contributed by atoms with Crippen molar-refractivity contribution in [2.75, 3.05) is 7.11 Å². The van der Waals surface area contributed by atoms with Crippen LogP contribution in [0.1, 0.15) is 16.1 Å². The van der Waals surface area contributed by atoms with Gasteiger partial charge in [-0.05, 0) is 23.3 Å². The lowest BCUT2D eigenvalue weighted by Gasteiger charge is -2.05. The number of nitrogens with one attached hydrogen (secondary N) is 1. The minimum absolute atomic E-state index is 0.214. The van der Waals surface area contributed by atoms with E-state index in [9.17, 15) is 4.79 Å². The van der Waals surface area contributed by atoms with Gasteiger partial charge in [0.05, 0.1) is 12.8 Å². The maximum atomic E-state index is 13.0. The SMILES string of the molecule is COc1cccc(-n2cc(-c3ccccc3)c(C(=O)NCc3ccccc3)n2)c1. The minimum atomic E-state index is -0.214. The maximum Gasteiger partial charge on any atom is 0.272 e. The molecule has 1 amide bonds. The molecule has 0 radical (unpaired) electrons. The van der Waals surface area contributed by atoms with Gasteiger partial charge in [-0.15, -0.1) is 0 Å². The number of carbonyl (C=O) groups is 1. The number of carbonyl (C=O) groups excluding carboxylic acids is 1. The fraction of sp³-hybridized carbons (Fsp3) is 0.0833. The lowest BCUT2D eigenvalue weighted by Crippen LogP contribution is -2.24. The van der Waals surface area contributed by atoms with Crippen LogP contribution in [0.15, 0.2) is 91.1 Å². The van der Waals surface area contributed by atoms with E-state index in [1.54, 1.807) is 11.8 Å². The van der Waals surface area contributed by atoms with Gasteiger partial charge in [-0.2, -0.15) is 5.10 Å². The molecule has 0 aliphatic rings. The summed E-state index contributed by atoms with van der Waals surface area (Å²) in [5.41, 5.74) is 3.96. The van der Waals surface area contributed by atoms with Crippen LogP contribution in [0.2, 0.25) is 0 Å². The van der Waals surface area contributed by atoms with E-state index in [1.807, 2.05) is 91.1 Å². The zero-order valence-corrected chi connectivity index (χ0v) is 16.1. The number of benzene rings is 3. The number of nitrogens with zero attached hydrogens (tertiary/aromatic N) is 2. The Labute approximate surface area is 169 Å². The van der Waals surface area contributed by atoms with Crippen molar-refractivity contribution < 1.29 is 9.53 Å². The summed E-state index contributed by atoms with van der Waals surface area (Å²) < 4.78 is 7.02. The van der Waals surface area contributed by atoms with Gasteiger partial charge in [0.25, 0.3) is 5.91 Å². The van der Waals surface area contributed by atoms with Crippen LogP contribution < -0.4 is 10.1 Å². The third-order valence-corrected chi connectivity index (χ3v) is 4.63. The zero-order chi connectivity index (χ0) is 20.1. The molecular weight excluding hydrogens is 362 g/mol. The number of rotatable bonds is 6. The quantitative estimate of drug-likeness (QED) is 0.534. The minimum Gasteiger partial charge on any atom is -0.497 e. The van der Waals surface area contributed by atoms with Crippen LogP contribution in [-0.2, 0) is 6.54 Å². The summed E-state index contributed by atoms with van der Waals surface area (Å²) >= 11 is 0. The van der Waals surface area contributed by atoms with E-state index in [1.165, 1.54) is 0 Å². The van der Waals surface area contributed by atoms with Crippen LogP contribution in [-0.4, -0.2) is 22.8 Å². The third-order valence-electron chi connectivity index (χ3n) is 4.63. The van der Waals surface area contributed by atoms with Crippen molar-refractivity contribution >= 4 is 5.91 Å². The van der Waals surface area contributed by atoms with Crippen LogP contribution in [0.4, 0.5) is 0 Å². The van der Waals surface area contributed by atoms with Crippen molar-refractivity contribution in [3.63, 3.8) is 0 Å². The van der Waals surface area contributed by atoms with Crippen molar-refractivity contribution in [1.29, 1.82) is 0 Å². The van der Waals surface area contributed by atoms with E-state index in [0.29, 0.717) is 12.2 Å². The normalized spacial score (nSPS) is 10.5. The second-order valence-electron chi connectivity index (χ2n) is 6.57. The molecule has 0 bridgehead atoms. The van der Waals surface area contributed by atoms with Crippen molar-refractivity contribution in [2.24, 2.45) is 0 Å². The molecule has 0 spiro atoms. The Morgan fingerprint density at radius 1 is 0.966 bits per heavy atom. The van der Waals surface area contributed by atoms with Gasteiger partial charge in [0.1, 0.15) is 5.75 Å². The summed E-state index contributed by atoms with van der Waals surface area (Å²) in [6.07, 6.45) is 1.88. The Morgan fingerprint density at radius 3 is 2.41 bits per heavy atom. The van der Waals surface area contributed by atoms with Crippen LogP contribution >= 0.6 is 0 Å². The van der Waals surface area contributed by atoms with Crippen LogP contribution in [0.3, 0.4) is 0 Å². The molecule has 0 atom stereocenters. The molecule has 0 aliphatic heterocycles. The highest BCUT2D eigenvalue weighted by Gasteiger charge is 2.19. The first kappa shape index (κ1) is 18.5. The molecule has 0 saturated carbocycles. The standard InChI is InChI=1S/C24H21N3O2/c1-29-21-14-8-13-20(15-21)27-17-22(19-11-6-3-7-12-19)23(26-27)24(28)25-16-18-9-4-2-5-10-18/h2-15,17H,16H2,1H3,(H,25,28). The van der Waals surface area contributed by atoms with Gasteiger partial charge in [-0.3, -0.25) is 4.79 Å². The highest BCUT2D eigenvalue weighted by Crippen LogP contribution is 2.25. The first-order chi connectivity index (χ1) is 14.2. The maximum absolute atomic E-state index is 13.0. The van der Waals surface area contributed by atoms with Crippen LogP contribution in [0.25, 0.3) is 16.8 Å². The molecule has 1 heterocycles. The highest BCUT2D eigenvalue weighted by molar-refractivity contribution is 5.99. The number of hydrogen-bond donors (Lipinski definition) is 1. The molecule has 0 unspecified atom stereocenters. The van der Waals surface area contributed by atoms with Crippen LogP contribution in [0, 0.1) is 0 Å². The van der Waals surface area contributed by atoms with Crippen molar-refractivity contribution in [2.45, 2.75) is 6.54 Å². The van der Waals surface area contributed by atoms with E-state index < -0.39 is 0 Å². The fourth-order valence-corrected chi connectivity index (χ4v) is 3.12. The van der Waals surface area contributed by atoms with Gasteiger partial charge in [-0.25, -0.2) is 4.68 Å². The summed E-state index contributed by atoms with van der Waals surface area (Å²) in [7, 11) is 1.63. The number of methoxy groups -OCH3 is 1. The van der Waals surface area contributed by atoms with Crippen LogP contribution in [0.5, 0.6) is 5.75 Å². The molecule has 1 N–H and O–H groups in total. The molecule has 1 aromatic heterocycles. The van der Waals surface area contributed by atoms with E-state index in [-0.39, 0.29) is 5.91 Å². The Morgan fingerprint density at radius 2 is 1.69 bits per heavy atom. The summed E-state index contributed by atoms with van der Waals surface area (Å²) in [6.45, 7) is 0.444. The average Bonchev–Trinajstić information content (AvgIpc) is 3.24. The Hall–Kier alpha value is -3.86. The fourth-order valence-electron chi connectivity index (χ4n) is 3.12. The average molecular weight is 383 g/mol. The second-order valence-corrected chi connectivity index (χ2v) is 6.57. The molecule has 0 saturated heterocycles. The smallest absolute Gasteiger partial charge is 0.272 e. The number of aromatic nitrogens is 2. The van der Waals surface area contributed by atoms with Crippen molar-refractivity contribution in [3.05, 3.63) is 102 Å². The number of ether oxygens (including phenoxy) is 1. The van der Waals surface area contributed by atoms with E-state index in [2.05, 4.69) is 10.4 Å². The highest BCUT2D eigenvalue weighted by atomic mass is 16.5. The molecule has 0 aliphatic carbocycles. The molecule has 4 rings (SSSR count). The molecule has 5 heteroatoms. The third kappa shape index (κ3) is 4.19. The Balaban J connectivity index is 1.69.